The van der Waals surface area contributed by atoms with E-state index < -0.39 is 5.97 Å². The van der Waals surface area contributed by atoms with E-state index >= 15 is 0 Å². The summed E-state index contributed by atoms with van der Waals surface area (Å²) in [5, 5.41) is 0. The summed E-state index contributed by atoms with van der Waals surface area (Å²) in [5.41, 5.74) is 0.897. The first kappa shape index (κ1) is 18.4. The summed E-state index contributed by atoms with van der Waals surface area (Å²) in [6.45, 7) is 2.31. The molecule has 0 fully saturated rings. The zero-order valence-corrected chi connectivity index (χ0v) is 14.1. The number of carbonyl (C=O) groups is 3. The molecular weight excluding hydrogens is 322 g/mol. The van der Waals surface area contributed by atoms with Crippen LogP contribution in [0.2, 0.25) is 0 Å². The average Bonchev–Trinajstić information content (AvgIpc) is 3.17. The smallest absolute Gasteiger partial charge is 0.306 e. The number of aromatic nitrogens is 1. The standard InChI is InChI=1S/C19H21NO5/c1-2-12-24-15-7-5-14(6-8-15)17(21)9-10-19(23)25-13-18(22)16-4-3-11-20-16/h3-8,11,20H,2,9-10,12-13H2,1H3. The number of hydrogen-bond acceptors (Lipinski definition) is 5. The van der Waals surface area contributed by atoms with Crippen molar-refractivity contribution >= 4 is 17.5 Å². The molecule has 0 radical (unpaired) electrons. The second-order valence-electron chi connectivity index (χ2n) is 5.46. The number of nitrogens with one attached hydrogen (secondary N) is 1. The SMILES string of the molecule is CCCOc1ccc(C(=O)CCC(=O)OCC(=O)c2ccc[nH]2)cc1. The molecule has 132 valence electrons. The lowest BCUT2D eigenvalue weighted by molar-refractivity contribution is -0.142. The molecular formula is C19H21NO5. The molecule has 0 aliphatic carbocycles. The van der Waals surface area contributed by atoms with Gasteiger partial charge in [0, 0.05) is 18.2 Å². The summed E-state index contributed by atoms with van der Waals surface area (Å²) in [5.74, 6) is -0.334. The van der Waals surface area contributed by atoms with Gasteiger partial charge in [-0.25, -0.2) is 0 Å². The first-order valence-corrected chi connectivity index (χ1v) is 8.18. The van der Waals surface area contributed by atoms with E-state index in [9.17, 15) is 14.4 Å². The highest BCUT2D eigenvalue weighted by Crippen LogP contribution is 2.14. The van der Waals surface area contributed by atoms with E-state index in [4.69, 9.17) is 9.47 Å². The third-order valence-electron chi connectivity index (χ3n) is 3.47. The number of carbonyl (C=O) groups excluding carboxylic acids is 3. The van der Waals surface area contributed by atoms with E-state index in [1.54, 1.807) is 42.6 Å². The molecule has 0 saturated carbocycles. The molecule has 0 spiro atoms. The minimum Gasteiger partial charge on any atom is -0.494 e. The largest absolute Gasteiger partial charge is 0.494 e. The maximum atomic E-state index is 12.1. The Labute approximate surface area is 146 Å². The highest BCUT2D eigenvalue weighted by atomic mass is 16.5. The average molecular weight is 343 g/mol. The number of Topliss-reactive ketones (excluding diaryl/α,β-unsaturated/α-hetero) is 2. The summed E-state index contributed by atoms with van der Waals surface area (Å²) in [6, 6.07) is 10.1. The van der Waals surface area contributed by atoms with Gasteiger partial charge in [0.15, 0.2) is 12.4 Å². The molecule has 1 aromatic heterocycles. The van der Waals surface area contributed by atoms with Gasteiger partial charge in [-0.2, -0.15) is 0 Å². The molecule has 2 aromatic rings. The number of ether oxygens (including phenoxy) is 2. The van der Waals surface area contributed by atoms with Crippen molar-refractivity contribution < 1.29 is 23.9 Å². The Morgan fingerprint density at radius 1 is 1.00 bits per heavy atom. The fourth-order valence-corrected chi connectivity index (χ4v) is 2.12. The predicted molar refractivity (Wildman–Crippen MR) is 91.9 cm³/mol. The second-order valence-corrected chi connectivity index (χ2v) is 5.46. The van der Waals surface area contributed by atoms with Crippen LogP contribution in [0, 0.1) is 0 Å². The first-order chi connectivity index (χ1) is 12.1. The topological polar surface area (TPSA) is 85.5 Å². The van der Waals surface area contributed by atoms with Crippen molar-refractivity contribution in [3.8, 4) is 5.75 Å². The number of benzene rings is 1. The van der Waals surface area contributed by atoms with Crippen molar-refractivity contribution in [2.45, 2.75) is 26.2 Å². The molecule has 1 heterocycles. The summed E-state index contributed by atoms with van der Waals surface area (Å²) in [4.78, 5) is 38.2. The maximum Gasteiger partial charge on any atom is 0.306 e. The van der Waals surface area contributed by atoms with Gasteiger partial charge in [-0.3, -0.25) is 14.4 Å². The molecule has 0 amide bonds. The molecule has 0 saturated heterocycles. The van der Waals surface area contributed by atoms with Gasteiger partial charge in [0.1, 0.15) is 5.75 Å². The normalized spacial score (nSPS) is 10.3. The zero-order chi connectivity index (χ0) is 18.1. The van der Waals surface area contributed by atoms with E-state index in [1.807, 2.05) is 6.92 Å². The second kappa shape index (κ2) is 9.42. The van der Waals surface area contributed by atoms with Crippen molar-refractivity contribution in [3.63, 3.8) is 0 Å². The lowest BCUT2D eigenvalue weighted by atomic mass is 10.1. The molecule has 25 heavy (non-hydrogen) atoms. The highest BCUT2D eigenvalue weighted by Gasteiger charge is 2.13. The molecule has 0 aliphatic rings. The van der Waals surface area contributed by atoms with Crippen molar-refractivity contribution in [3.05, 3.63) is 53.9 Å². The molecule has 1 N–H and O–H groups in total. The van der Waals surface area contributed by atoms with Gasteiger partial charge in [-0.15, -0.1) is 0 Å². The maximum absolute atomic E-state index is 12.1. The van der Waals surface area contributed by atoms with Crippen LogP contribution in [-0.4, -0.2) is 35.7 Å². The number of H-pyrrole nitrogens is 1. The quantitative estimate of drug-likeness (QED) is 0.529. The fourth-order valence-electron chi connectivity index (χ4n) is 2.12. The number of hydrogen-bond donors (Lipinski definition) is 1. The van der Waals surface area contributed by atoms with E-state index in [2.05, 4.69) is 4.98 Å². The molecule has 0 atom stereocenters. The fraction of sp³-hybridized carbons (Fsp3) is 0.316. The lowest BCUT2D eigenvalue weighted by Gasteiger charge is -2.06. The van der Waals surface area contributed by atoms with Crippen LogP contribution < -0.4 is 4.74 Å². The van der Waals surface area contributed by atoms with Crippen LogP contribution in [0.15, 0.2) is 42.6 Å². The van der Waals surface area contributed by atoms with Crippen molar-refractivity contribution in [1.29, 1.82) is 0 Å². The van der Waals surface area contributed by atoms with Gasteiger partial charge in [0.05, 0.1) is 18.7 Å². The Bertz CT molecular complexity index is 704. The van der Waals surface area contributed by atoms with E-state index in [-0.39, 0.29) is 31.0 Å². The van der Waals surface area contributed by atoms with Crippen LogP contribution in [0.1, 0.15) is 47.0 Å². The molecule has 1 aromatic carbocycles. The van der Waals surface area contributed by atoms with E-state index in [0.717, 1.165) is 6.42 Å². The molecule has 0 unspecified atom stereocenters. The van der Waals surface area contributed by atoms with Crippen LogP contribution in [0.3, 0.4) is 0 Å². The Balaban J connectivity index is 1.73. The minimum atomic E-state index is -0.573. The van der Waals surface area contributed by atoms with Crippen LogP contribution >= 0.6 is 0 Å². The van der Waals surface area contributed by atoms with E-state index in [0.29, 0.717) is 23.6 Å². The number of aromatic amines is 1. The molecule has 6 heteroatoms. The van der Waals surface area contributed by atoms with Crippen LogP contribution in [0.5, 0.6) is 5.75 Å². The molecule has 6 nitrogen and oxygen atoms in total. The molecule has 0 bridgehead atoms. The van der Waals surface area contributed by atoms with Crippen molar-refractivity contribution in [1.82, 2.24) is 4.98 Å². The third kappa shape index (κ3) is 5.91. The predicted octanol–water partition coefficient (Wildman–Crippen LogP) is 3.19. The van der Waals surface area contributed by atoms with Gasteiger partial charge in [0.25, 0.3) is 0 Å². The summed E-state index contributed by atoms with van der Waals surface area (Å²) >= 11 is 0. The molecule has 0 aliphatic heterocycles. The van der Waals surface area contributed by atoms with Crippen LogP contribution in [0.25, 0.3) is 0 Å². The van der Waals surface area contributed by atoms with Gasteiger partial charge in [-0.1, -0.05) is 6.92 Å². The summed E-state index contributed by atoms with van der Waals surface area (Å²) in [6.07, 6.45) is 2.50. The number of rotatable bonds is 10. The Morgan fingerprint density at radius 2 is 1.76 bits per heavy atom. The summed E-state index contributed by atoms with van der Waals surface area (Å²) < 4.78 is 10.3. The van der Waals surface area contributed by atoms with E-state index in [1.165, 1.54) is 0 Å². The number of ketones is 2. The van der Waals surface area contributed by atoms with Crippen molar-refractivity contribution in [2.75, 3.05) is 13.2 Å². The highest BCUT2D eigenvalue weighted by molar-refractivity contribution is 5.98. The Hall–Kier alpha value is -2.89. The Morgan fingerprint density at radius 3 is 2.40 bits per heavy atom. The summed E-state index contributed by atoms with van der Waals surface area (Å²) in [7, 11) is 0. The van der Waals surface area contributed by atoms with Gasteiger partial charge in [-0.05, 0) is 42.8 Å². The minimum absolute atomic E-state index is 0.0324. The zero-order valence-electron chi connectivity index (χ0n) is 14.1. The van der Waals surface area contributed by atoms with Crippen molar-refractivity contribution in [2.24, 2.45) is 0 Å². The van der Waals surface area contributed by atoms with Gasteiger partial charge >= 0.3 is 5.97 Å². The Kier molecular flexibility index (Phi) is 6.95. The van der Waals surface area contributed by atoms with Gasteiger partial charge < -0.3 is 14.5 Å². The number of esters is 1. The monoisotopic (exact) mass is 343 g/mol. The van der Waals surface area contributed by atoms with Crippen LogP contribution in [0.4, 0.5) is 0 Å². The van der Waals surface area contributed by atoms with Gasteiger partial charge in [0.2, 0.25) is 5.78 Å². The lowest BCUT2D eigenvalue weighted by Crippen LogP contribution is -2.15. The molecule has 2 rings (SSSR count). The van der Waals surface area contributed by atoms with Crippen LogP contribution in [-0.2, 0) is 9.53 Å². The first-order valence-electron chi connectivity index (χ1n) is 8.18. The third-order valence-corrected chi connectivity index (χ3v) is 3.47.